The Morgan fingerprint density at radius 1 is 1.21 bits per heavy atom. The van der Waals surface area contributed by atoms with Gasteiger partial charge in [-0.15, -0.1) is 0 Å². The molecule has 0 amide bonds. The predicted molar refractivity (Wildman–Crippen MR) is 53.8 cm³/mol. The number of hydrogen-bond donors (Lipinski definition) is 0. The zero-order chi connectivity index (χ0) is 9.97. The SMILES string of the molecule is CC(C)c1ccc(-c2cnco2)nc1. The lowest BCUT2D eigenvalue weighted by atomic mass is 10.1. The first-order valence-electron chi connectivity index (χ1n) is 4.62. The highest BCUT2D eigenvalue weighted by atomic mass is 16.3. The summed E-state index contributed by atoms with van der Waals surface area (Å²) >= 11 is 0. The molecule has 0 N–H and O–H groups in total. The van der Waals surface area contributed by atoms with E-state index in [0.29, 0.717) is 11.7 Å². The van der Waals surface area contributed by atoms with Crippen LogP contribution in [0.5, 0.6) is 0 Å². The summed E-state index contributed by atoms with van der Waals surface area (Å²) in [7, 11) is 0. The Hall–Kier alpha value is -1.64. The van der Waals surface area contributed by atoms with Crippen LogP contribution in [0.1, 0.15) is 25.3 Å². The molecular formula is C11H12N2O. The first-order chi connectivity index (χ1) is 6.77. The molecule has 72 valence electrons. The minimum atomic E-state index is 0.506. The lowest BCUT2D eigenvalue weighted by molar-refractivity contribution is 0.569. The van der Waals surface area contributed by atoms with Crippen molar-refractivity contribution in [1.29, 1.82) is 0 Å². The summed E-state index contributed by atoms with van der Waals surface area (Å²) in [5.74, 6) is 1.21. The van der Waals surface area contributed by atoms with Crippen molar-refractivity contribution in [1.82, 2.24) is 9.97 Å². The first-order valence-corrected chi connectivity index (χ1v) is 4.62. The largest absolute Gasteiger partial charge is 0.442 e. The van der Waals surface area contributed by atoms with E-state index in [2.05, 4.69) is 29.9 Å². The molecule has 0 fully saturated rings. The molecule has 3 heteroatoms. The highest BCUT2D eigenvalue weighted by Gasteiger charge is 2.04. The summed E-state index contributed by atoms with van der Waals surface area (Å²) in [4.78, 5) is 8.16. The highest BCUT2D eigenvalue weighted by Crippen LogP contribution is 2.18. The summed E-state index contributed by atoms with van der Waals surface area (Å²) in [6, 6.07) is 4.02. The van der Waals surface area contributed by atoms with Gasteiger partial charge in [-0.3, -0.25) is 4.98 Å². The van der Waals surface area contributed by atoms with Gasteiger partial charge in [0.1, 0.15) is 5.69 Å². The van der Waals surface area contributed by atoms with Crippen molar-refractivity contribution < 1.29 is 4.42 Å². The Kier molecular flexibility index (Phi) is 2.31. The van der Waals surface area contributed by atoms with Gasteiger partial charge < -0.3 is 4.42 Å². The van der Waals surface area contributed by atoms with Crippen LogP contribution in [-0.4, -0.2) is 9.97 Å². The molecule has 2 aromatic rings. The maximum atomic E-state index is 5.15. The second-order valence-electron chi connectivity index (χ2n) is 3.50. The molecule has 0 bridgehead atoms. The van der Waals surface area contributed by atoms with Crippen LogP contribution in [0.15, 0.2) is 35.3 Å². The maximum absolute atomic E-state index is 5.15. The van der Waals surface area contributed by atoms with Crippen LogP contribution >= 0.6 is 0 Å². The third kappa shape index (κ3) is 1.66. The van der Waals surface area contributed by atoms with Gasteiger partial charge in [-0.1, -0.05) is 19.9 Å². The molecule has 0 atom stereocenters. The lowest BCUT2D eigenvalue weighted by Gasteiger charge is -2.03. The van der Waals surface area contributed by atoms with Crippen molar-refractivity contribution in [3.63, 3.8) is 0 Å². The van der Waals surface area contributed by atoms with Crippen molar-refractivity contribution in [2.75, 3.05) is 0 Å². The molecule has 2 aromatic heterocycles. The number of aromatic nitrogens is 2. The Balaban J connectivity index is 2.31. The summed E-state index contributed by atoms with van der Waals surface area (Å²) in [6.45, 7) is 4.29. The Morgan fingerprint density at radius 3 is 2.57 bits per heavy atom. The van der Waals surface area contributed by atoms with Gasteiger partial charge in [0.25, 0.3) is 0 Å². The number of oxazole rings is 1. The topological polar surface area (TPSA) is 38.9 Å². The van der Waals surface area contributed by atoms with Gasteiger partial charge in [0, 0.05) is 6.20 Å². The van der Waals surface area contributed by atoms with Gasteiger partial charge in [0.15, 0.2) is 12.2 Å². The Morgan fingerprint density at radius 2 is 2.07 bits per heavy atom. The van der Waals surface area contributed by atoms with Gasteiger partial charge >= 0.3 is 0 Å². The zero-order valence-electron chi connectivity index (χ0n) is 8.27. The zero-order valence-corrected chi connectivity index (χ0v) is 8.27. The third-order valence-electron chi connectivity index (χ3n) is 2.14. The molecule has 3 nitrogen and oxygen atoms in total. The molecule has 0 saturated carbocycles. The van der Waals surface area contributed by atoms with Crippen LogP contribution in [0.2, 0.25) is 0 Å². The predicted octanol–water partition coefficient (Wildman–Crippen LogP) is 2.86. The van der Waals surface area contributed by atoms with E-state index in [4.69, 9.17) is 4.42 Å². The smallest absolute Gasteiger partial charge is 0.181 e. The third-order valence-corrected chi connectivity index (χ3v) is 2.14. The van der Waals surface area contributed by atoms with Crippen molar-refractivity contribution in [3.8, 4) is 11.5 Å². The van der Waals surface area contributed by atoms with E-state index >= 15 is 0 Å². The second kappa shape index (κ2) is 3.62. The molecule has 0 aliphatic rings. The fraction of sp³-hybridized carbons (Fsp3) is 0.273. The molecule has 14 heavy (non-hydrogen) atoms. The molecule has 0 radical (unpaired) electrons. The average molecular weight is 188 g/mol. The van der Waals surface area contributed by atoms with Crippen LogP contribution in [0.25, 0.3) is 11.5 Å². The first kappa shape index (κ1) is 8.94. The number of hydrogen-bond acceptors (Lipinski definition) is 3. The quantitative estimate of drug-likeness (QED) is 0.727. The summed E-state index contributed by atoms with van der Waals surface area (Å²) in [5, 5.41) is 0. The molecule has 0 spiro atoms. The van der Waals surface area contributed by atoms with Gasteiger partial charge in [-0.05, 0) is 17.5 Å². The van der Waals surface area contributed by atoms with E-state index in [9.17, 15) is 0 Å². The van der Waals surface area contributed by atoms with E-state index in [-0.39, 0.29) is 0 Å². The average Bonchev–Trinajstić information content (AvgIpc) is 2.71. The van der Waals surface area contributed by atoms with E-state index in [0.717, 1.165) is 5.69 Å². The van der Waals surface area contributed by atoms with Crippen LogP contribution in [0, 0.1) is 0 Å². The molecule has 2 rings (SSSR count). The van der Waals surface area contributed by atoms with Gasteiger partial charge in [0.05, 0.1) is 6.20 Å². The van der Waals surface area contributed by atoms with Gasteiger partial charge in [-0.25, -0.2) is 4.98 Å². The van der Waals surface area contributed by atoms with Crippen molar-refractivity contribution in [2.24, 2.45) is 0 Å². The summed E-state index contributed by atoms with van der Waals surface area (Å²) < 4.78 is 5.15. The van der Waals surface area contributed by atoms with Crippen molar-refractivity contribution in [3.05, 3.63) is 36.5 Å². The fourth-order valence-corrected chi connectivity index (χ4v) is 1.23. The maximum Gasteiger partial charge on any atom is 0.181 e. The number of nitrogens with zero attached hydrogens (tertiary/aromatic N) is 2. The van der Waals surface area contributed by atoms with Gasteiger partial charge in [0.2, 0.25) is 0 Å². The number of pyridine rings is 1. The van der Waals surface area contributed by atoms with Crippen LogP contribution in [0.4, 0.5) is 0 Å². The molecule has 0 unspecified atom stereocenters. The molecule has 0 aromatic carbocycles. The Labute approximate surface area is 82.8 Å². The van der Waals surface area contributed by atoms with Gasteiger partial charge in [-0.2, -0.15) is 0 Å². The van der Waals surface area contributed by atoms with E-state index in [1.165, 1.54) is 12.0 Å². The standard InChI is InChI=1S/C11H12N2O/c1-8(2)9-3-4-10(13-5-9)11-6-12-7-14-11/h3-8H,1-2H3. The highest BCUT2D eigenvalue weighted by molar-refractivity contribution is 5.50. The van der Waals surface area contributed by atoms with Crippen LogP contribution in [0.3, 0.4) is 0 Å². The lowest BCUT2D eigenvalue weighted by Crippen LogP contribution is -1.89. The number of rotatable bonds is 2. The summed E-state index contributed by atoms with van der Waals surface area (Å²) in [5.41, 5.74) is 2.06. The van der Waals surface area contributed by atoms with Crippen molar-refractivity contribution in [2.45, 2.75) is 19.8 Å². The molecule has 0 aliphatic heterocycles. The van der Waals surface area contributed by atoms with Crippen LogP contribution < -0.4 is 0 Å². The van der Waals surface area contributed by atoms with Crippen LogP contribution in [-0.2, 0) is 0 Å². The van der Waals surface area contributed by atoms with E-state index in [1.807, 2.05) is 12.3 Å². The van der Waals surface area contributed by atoms with E-state index < -0.39 is 0 Å². The molecule has 0 saturated heterocycles. The molecule has 2 heterocycles. The fourth-order valence-electron chi connectivity index (χ4n) is 1.23. The molecular weight excluding hydrogens is 176 g/mol. The van der Waals surface area contributed by atoms with Crippen molar-refractivity contribution >= 4 is 0 Å². The Bertz CT molecular complexity index is 390. The summed E-state index contributed by atoms with van der Waals surface area (Å²) in [6.07, 6.45) is 4.95. The van der Waals surface area contributed by atoms with E-state index in [1.54, 1.807) is 6.20 Å². The minimum Gasteiger partial charge on any atom is -0.442 e. The minimum absolute atomic E-state index is 0.506. The normalized spacial score (nSPS) is 10.8. The monoisotopic (exact) mass is 188 g/mol. The molecule has 0 aliphatic carbocycles. The second-order valence-corrected chi connectivity index (χ2v) is 3.50.